The molecular formula is C16H15N3O3. The molecule has 2 heterocycles. The molecule has 0 aliphatic heterocycles. The van der Waals surface area contributed by atoms with E-state index in [2.05, 4.69) is 10.4 Å². The summed E-state index contributed by atoms with van der Waals surface area (Å²) in [6, 6.07) is 12.5. The van der Waals surface area contributed by atoms with Crippen molar-refractivity contribution in [1.29, 1.82) is 0 Å². The number of aromatic nitrogens is 2. The molecule has 0 radical (unpaired) electrons. The van der Waals surface area contributed by atoms with E-state index >= 15 is 0 Å². The summed E-state index contributed by atoms with van der Waals surface area (Å²) in [6.07, 6.45) is 1.46. The fourth-order valence-electron chi connectivity index (χ4n) is 2.09. The Kier molecular flexibility index (Phi) is 3.65. The lowest BCUT2D eigenvalue weighted by atomic mass is 10.3. The number of benzene rings is 1. The lowest BCUT2D eigenvalue weighted by molar-refractivity contribution is 0.0996. The van der Waals surface area contributed by atoms with Crippen LogP contribution >= 0.6 is 0 Å². The third kappa shape index (κ3) is 2.71. The summed E-state index contributed by atoms with van der Waals surface area (Å²) in [6.45, 7) is 1.86. The number of carbonyl (C=O) groups excluding carboxylic acids is 1. The van der Waals surface area contributed by atoms with Crippen LogP contribution in [0.5, 0.6) is 5.75 Å². The highest BCUT2D eigenvalue weighted by Crippen LogP contribution is 2.20. The van der Waals surface area contributed by atoms with Crippen molar-refractivity contribution in [3.63, 3.8) is 0 Å². The van der Waals surface area contributed by atoms with Gasteiger partial charge in [-0.2, -0.15) is 5.10 Å². The number of nitrogens with zero attached hydrogens (tertiary/aromatic N) is 2. The van der Waals surface area contributed by atoms with Crippen molar-refractivity contribution in [2.75, 3.05) is 12.4 Å². The molecular weight excluding hydrogens is 282 g/mol. The van der Waals surface area contributed by atoms with Crippen molar-refractivity contribution < 1.29 is 13.9 Å². The molecule has 1 aromatic carbocycles. The number of ether oxygens (including phenoxy) is 1. The minimum Gasteiger partial charge on any atom is -0.497 e. The first-order chi connectivity index (χ1) is 10.7. The molecule has 0 saturated heterocycles. The standard InChI is InChI=1S/C16H15N3O3/c1-11-10-15(17-16(20)14-4-3-9-22-14)19(18-11)12-5-7-13(21-2)8-6-12/h3-10H,1-2H3,(H,17,20). The summed E-state index contributed by atoms with van der Waals surface area (Å²) in [4.78, 5) is 12.1. The van der Waals surface area contributed by atoms with Gasteiger partial charge in [-0.25, -0.2) is 4.68 Å². The Morgan fingerprint density at radius 1 is 1.27 bits per heavy atom. The van der Waals surface area contributed by atoms with Gasteiger partial charge < -0.3 is 14.5 Å². The largest absolute Gasteiger partial charge is 0.497 e. The Morgan fingerprint density at radius 2 is 2.05 bits per heavy atom. The zero-order valence-corrected chi connectivity index (χ0v) is 12.2. The van der Waals surface area contributed by atoms with E-state index in [1.807, 2.05) is 31.2 Å². The summed E-state index contributed by atoms with van der Waals surface area (Å²) in [5.41, 5.74) is 1.62. The van der Waals surface area contributed by atoms with Crippen LogP contribution in [-0.4, -0.2) is 22.8 Å². The topological polar surface area (TPSA) is 69.3 Å². The number of methoxy groups -OCH3 is 1. The van der Waals surface area contributed by atoms with Crippen molar-refractivity contribution >= 4 is 11.7 Å². The normalized spacial score (nSPS) is 10.5. The zero-order valence-electron chi connectivity index (χ0n) is 12.2. The Balaban J connectivity index is 1.90. The molecule has 0 spiro atoms. The highest BCUT2D eigenvalue weighted by molar-refractivity contribution is 6.01. The third-order valence-corrected chi connectivity index (χ3v) is 3.14. The van der Waals surface area contributed by atoms with Gasteiger partial charge in [-0.05, 0) is 43.3 Å². The van der Waals surface area contributed by atoms with Crippen molar-refractivity contribution in [3.05, 3.63) is 60.2 Å². The fraction of sp³-hybridized carbons (Fsp3) is 0.125. The van der Waals surface area contributed by atoms with Crippen LogP contribution in [0.3, 0.4) is 0 Å². The summed E-state index contributed by atoms with van der Waals surface area (Å²) in [5.74, 6) is 1.26. The number of rotatable bonds is 4. The molecule has 6 nitrogen and oxygen atoms in total. The Labute approximate surface area is 127 Å². The second-order valence-corrected chi connectivity index (χ2v) is 4.71. The first kappa shape index (κ1) is 13.9. The van der Waals surface area contributed by atoms with Crippen molar-refractivity contribution in [2.24, 2.45) is 0 Å². The van der Waals surface area contributed by atoms with Gasteiger partial charge >= 0.3 is 0 Å². The van der Waals surface area contributed by atoms with Crippen LogP contribution in [0.1, 0.15) is 16.2 Å². The molecule has 1 N–H and O–H groups in total. The number of carbonyl (C=O) groups is 1. The SMILES string of the molecule is COc1ccc(-n2nc(C)cc2NC(=O)c2ccco2)cc1. The first-order valence-electron chi connectivity index (χ1n) is 6.73. The van der Waals surface area contributed by atoms with Gasteiger partial charge in [-0.1, -0.05) is 0 Å². The minimum atomic E-state index is -0.320. The molecule has 3 rings (SSSR count). The number of aryl methyl sites for hydroxylation is 1. The van der Waals surface area contributed by atoms with Crippen LogP contribution in [0.15, 0.2) is 53.1 Å². The minimum absolute atomic E-state index is 0.250. The highest BCUT2D eigenvalue weighted by Gasteiger charge is 2.14. The van der Waals surface area contributed by atoms with Crippen molar-refractivity contribution in [3.8, 4) is 11.4 Å². The van der Waals surface area contributed by atoms with Gasteiger partial charge in [0.2, 0.25) is 0 Å². The Hall–Kier alpha value is -3.02. The molecule has 6 heteroatoms. The number of furan rings is 1. The Bertz CT molecular complexity index is 774. The maximum absolute atomic E-state index is 12.1. The average Bonchev–Trinajstić information content (AvgIpc) is 3.17. The van der Waals surface area contributed by atoms with Gasteiger partial charge in [0.05, 0.1) is 24.8 Å². The molecule has 2 aromatic heterocycles. The lowest BCUT2D eigenvalue weighted by Crippen LogP contribution is -2.14. The molecule has 0 saturated carbocycles. The second-order valence-electron chi connectivity index (χ2n) is 4.71. The van der Waals surface area contributed by atoms with E-state index < -0.39 is 0 Å². The predicted octanol–water partition coefficient (Wildman–Crippen LogP) is 3.03. The molecule has 112 valence electrons. The van der Waals surface area contributed by atoms with Gasteiger partial charge in [-0.3, -0.25) is 4.79 Å². The predicted molar refractivity (Wildman–Crippen MR) is 81.5 cm³/mol. The molecule has 3 aromatic rings. The summed E-state index contributed by atoms with van der Waals surface area (Å²) in [7, 11) is 1.61. The molecule has 0 aliphatic rings. The maximum atomic E-state index is 12.1. The number of anilines is 1. The van der Waals surface area contributed by atoms with E-state index in [9.17, 15) is 4.79 Å². The van der Waals surface area contributed by atoms with Gasteiger partial charge in [0.15, 0.2) is 5.76 Å². The average molecular weight is 297 g/mol. The van der Waals surface area contributed by atoms with Crippen LogP contribution in [0, 0.1) is 6.92 Å². The van der Waals surface area contributed by atoms with Crippen LogP contribution < -0.4 is 10.1 Å². The van der Waals surface area contributed by atoms with Gasteiger partial charge in [0.25, 0.3) is 5.91 Å². The number of amides is 1. The van der Waals surface area contributed by atoms with E-state index in [1.54, 1.807) is 30.0 Å². The van der Waals surface area contributed by atoms with Gasteiger partial charge in [0, 0.05) is 6.07 Å². The molecule has 0 unspecified atom stereocenters. The number of nitrogens with one attached hydrogen (secondary N) is 1. The molecule has 0 aliphatic carbocycles. The van der Waals surface area contributed by atoms with E-state index in [0.29, 0.717) is 5.82 Å². The fourth-order valence-corrected chi connectivity index (χ4v) is 2.09. The van der Waals surface area contributed by atoms with E-state index in [-0.39, 0.29) is 11.7 Å². The second kappa shape index (κ2) is 5.77. The van der Waals surface area contributed by atoms with E-state index in [1.165, 1.54) is 6.26 Å². The Morgan fingerprint density at radius 3 is 2.68 bits per heavy atom. The van der Waals surface area contributed by atoms with Crippen LogP contribution in [0.2, 0.25) is 0 Å². The molecule has 22 heavy (non-hydrogen) atoms. The highest BCUT2D eigenvalue weighted by atomic mass is 16.5. The number of hydrogen-bond donors (Lipinski definition) is 1. The first-order valence-corrected chi connectivity index (χ1v) is 6.73. The van der Waals surface area contributed by atoms with Gasteiger partial charge in [0.1, 0.15) is 11.6 Å². The zero-order chi connectivity index (χ0) is 15.5. The maximum Gasteiger partial charge on any atom is 0.292 e. The lowest BCUT2D eigenvalue weighted by Gasteiger charge is -2.08. The van der Waals surface area contributed by atoms with Crippen LogP contribution in [0.25, 0.3) is 5.69 Å². The van der Waals surface area contributed by atoms with Gasteiger partial charge in [-0.15, -0.1) is 0 Å². The van der Waals surface area contributed by atoms with E-state index in [4.69, 9.17) is 9.15 Å². The summed E-state index contributed by atoms with van der Waals surface area (Å²) in [5, 5.41) is 7.20. The molecule has 1 amide bonds. The van der Waals surface area contributed by atoms with Crippen LogP contribution in [-0.2, 0) is 0 Å². The molecule has 0 fully saturated rings. The van der Waals surface area contributed by atoms with Crippen LogP contribution in [0.4, 0.5) is 5.82 Å². The van der Waals surface area contributed by atoms with Crippen molar-refractivity contribution in [2.45, 2.75) is 6.92 Å². The summed E-state index contributed by atoms with van der Waals surface area (Å²) < 4.78 is 11.9. The summed E-state index contributed by atoms with van der Waals surface area (Å²) >= 11 is 0. The molecule has 0 atom stereocenters. The monoisotopic (exact) mass is 297 g/mol. The number of hydrogen-bond acceptors (Lipinski definition) is 4. The smallest absolute Gasteiger partial charge is 0.292 e. The quantitative estimate of drug-likeness (QED) is 0.803. The third-order valence-electron chi connectivity index (χ3n) is 3.14. The van der Waals surface area contributed by atoms with E-state index in [0.717, 1.165) is 17.1 Å². The molecule has 0 bridgehead atoms. The van der Waals surface area contributed by atoms with Crippen molar-refractivity contribution in [1.82, 2.24) is 9.78 Å².